The van der Waals surface area contributed by atoms with Crippen LogP contribution in [0.2, 0.25) is 0 Å². The first kappa shape index (κ1) is 12.5. The van der Waals surface area contributed by atoms with Crippen LogP contribution < -0.4 is 0 Å². The Hall–Kier alpha value is -2.55. The van der Waals surface area contributed by atoms with Gasteiger partial charge in [0.1, 0.15) is 5.82 Å². The quantitative estimate of drug-likeness (QED) is 0.674. The summed E-state index contributed by atoms with van der Waals surface area (Å²) < 4.78 is 12.9. The Balaban J connectivity index is 1.94. The molecule has 0 aliphatic rings. The van der Waals surface area contributed by atoms with Crippen molar-refractivity contribution in [1.82, 2.24) is 4.98 Å². The molecule has 3 aromatic rings. The number of hydrogen-bond acceptors (Lipinski definition) is 2. The molecule has 0 saturated carbocycles. The Labute approximate surface area is 115 Å². The van der Waals surface area contributed by atoms with Crippen LogP contribution in [-0.2, 0) is 6.42 Å². The summed E-state index contributed by atoms with van der Waals surface area (Å²) in [5, 5.41) is 0.849. The van der Waals surface area contributed by atoms with Gasteiger partial charge in [0.25, 0.3) is 0 Å². The van der Waals surface area contributed by atoms with Gasteiger partial charge in [-0.2, -0.15) is 0 Å². The van der Waals surface area contributed by atoms with Gasteiger partial charge in [-0.25, -0.2) is 4.39 Å². The largest absolute Gasteiger partial charge is 0.294 e. The number of carbonyl (C=O) groups is 1. The van der Waals surface area contributed by atoms with Crippen molar-refractivity contribution < 1.29 is 9.18 Å². The summed E-state index contributed by atoms with van der Waals surface area (Å²) in [6.07, 6.45) is 1.96. The number of hydrogen-bond donors (Lipinski definition) is 0. The molecule has 0 aliphatic carbocycles. The number of fused-ring (bicyclic) bond motifs is 1. The normalized spacial score (nSPS) is 10.7. The molecule has 0 amide bonds. The third-order valence-corrected chi connectivity index (χ3v) is 3.22. The molecular formula is C17H12FNO. The Bertz CT molecular complexity index is 760. The average molecular weight is 265 g/mol. The number of pyridine rings is 1. The van der Waals surface area contributed by atoms with Gasteiger partial charge in [0.05, 0.1) is 5.52 Å². The van der Waals surface area contributed by atoms with E-state index in [2.05, 4.69) is 4.98 Å². The highest BCUT2D eigenvalue weighted by Gasteiger charge is 2.11. The van der Waals surface area contributed by atoms with Crippen molar-refractivity contribution in [3.8, 4) is 0 Å². The van der Waals surface area contributed by atoms with E-state index in [0.29, 0.717) is 5.56 Å². The molecule has 0 atom stereocenters. The van der Waals surface area contributed by atoms with E-state index >= 15 is 0 Å². The number of rotatable bonds is 3. The fourth-order valence-corrected chi connectivity index (χ4v) is 2.23. The first-order valence-corrected chi connectivity index (χ1v) is 6.35. The summed E-state index contributed by atoms with van der Waals surface area (Å²) in [7, 11) is 0. The van der Waals surface area contributed by atoms with Gasteiger partial charge in [0.15, 0.2) is 5.78 Å². The predicted octanol–water partition coefficient (Wildman–Crippen LogP) is 3.80. The fraction of sp³-hybridized carbons (Fsp3) is 0.0588. The summed E-state index contributed by atoms with van der Waals surface area (Å²) in [5.41, 5.74) is 2.26. The first-order chi connectivity index (χ1) is 9.74. The molecular weight excluding hydrogens is 253 g/mol. The van der Waals surface area contributed by atoms with Crippen molar-refractivity contribution in [2.45, 2.75) is 6.42 Å². The van der Waals surface area contributed by atoms with Crippen LogP contribution in [-0.4, -0.2) is 10.8 Å². The Morgan fingerprint density at radius 3 is 2.60 bits per heavy atom. The Morgan fingerprint density at radius 2 is 1.80 bits per heavy atom. The maximum Gasteiger partial charge on any atom is 0.167 e. The zero-order chi connectivity index (χ0) is 13.9. The molecule has 0 fully saturated rings. The number of carbonyl (C=O) groups excluding carboxylic acids is 1. The second-order valence-corrected chi connectivity index (χ2v) is 4.60. The van der Waals surface area contributed by atoms with Crippen molar-refractivity contribution in [2.75, 3.05) is 0 Å². The van der Waals surface area contributed by atoms with Crippen LogP contribution in [0, 0.1) is 5.82 Å². The summed E-state index contributed by atoms with van der Waals surface area (Å²) in [6.45, 7) is 0. The van der Waals surface area contributed by atoms with Crippen LogP contribution in [0.5, 0.6) is 0 Å². The molecule has 0 saturated heterocycles. The highest BCUT2D eigenvalue weighted by Crippen LogP contribution is 2.18. The third kappa shape index (κ3) is 2.43. The van der Waals surface area contributed by atoms with E-state index in [0.717, 1.165) is 16.5 Å². The number of benzene rings is 2. The van der Waals surface area contributed by atoms with E-state index < -0.39 is 0 Å². The Kier molecular flexibility index (Phi) is 3.25. The fourth-order valence-electron chi connectivity index (χ4n) is 2.23. The van der Waals surface area contributed by atoms with Gasteiger partial charge in [0, 0.05) is 23.6 Å². The van der Waals surface area contributed by atoms with E-state index in [1.54, 1.807) is 24.4 Å². The molecule has 0 spiro atoms. The zero-order valence-corrected chi connectivity index (χ0v) is 10.7. The molecule has 2 aromatic carbocycles. The minimum atomic E-state index is -0.296. The molecule has 0 N–H and O–H groups in total. The lowest BCUT2D eigenvalue weighted by Gasteiger charge is -2.05. The second-order valence-electron chi connectivity index (χ2n) is 4.60. The van der Waals surface area contributed by atoms with Crippen molar-refractivity contribution >= 4 is 16.7 Å². The van der Waals surface area contributed by atoms with Crippen LogP contribution in [0.1, 0.15) is 15.9 Å². The molecule has 0 bridgehead atoms. The highest BCUT2D eigenvalue weighted by molar-refractivity contribution is 6.08. The molecule has 3 heteroatoms. The summed E-state index contributed by atoms with van der Waals surface area (Å²) in [6, 6.07) is 15.2. The molecule has 1 heterocycles. The van der Waals surface area contributed by atoms with Crippen LogP contribution >= 0.6 is 0 Å². The predicted molar refractivity (Wildman–Crippen MR) is 76.2 cm³/mol. The van der Waals surface area contributed by atoms with Crippen LogP contribution in [0.25, 0.3) is 10.9 Å². The number of aromatic nitrogens is 1. The molecule has 3 rings (SSSR count). The number of halogens is 1. The summed E-state index contributed by atoms with van der Waals surface area (Å²) in [5.74, 6) is -0.286. The van der Waals surface area contributed by atoms with Gasteiger partial charge in [-0.05, 0) is 29.8 Å². The molecule has 1 aromatic heterocycles. The smallest absolute Gasteiger partial charge is 0.167 e. The van der Waals surface area contributed by atoms with Gasteiger partial charge in [0.2, 0.25) is 0 Å². The number of Topliss-reactive ketones (excluding diaryl/α,β-unsaturated/α-hetero) is 1. The molecule has 0 unspecified atom stereocenters. The summed E-state index contributed by atoms with van der Waals surface area (Å²) in [4.78, 5) is 16.6. The first-order valence-electron chi connectivity index (χ1n) is 6.35. The highest BCUT2D eigenvalue weighted by atomic mass is 19.1. The monoisotopic (exact) mass is 265 g/mol. The van der Waals surface area contributed by atoms with Gasteiger partial charge in [-0.3, -0.25) is 9.78 Å². The van der Waals surface area contributed by atoms with Crippen molar-refractivity contribution in [1.29, 1.82) is 0 Å². The second kappa shape index (κ2) is 5.21. The lowest BCUT2D eigenvalue weighted by atomic mass is 9.99. The lowest BCUT2D eigenvalue weighted by molar-refractivity contribution is 0.0994. The van der Waals surface area contributed by atoms with E-state index in [4.69, 9.17) is 0 Å². The van der Waals surface area contributed by atoms with E-state index in [9.17, 15) is 9.18 Å². The molecule has 0 aliphatic heterocycles. The maximum atomic E-state index is 12.9. The molecule has 2 nitrogen and oxygen atoms in total. The third-order valence-electron chi connectivity index (χ3n) is 3.22. The minimum absolute atomic E-state index is 0.00945. The van der Waals surface area contributed by atoms with Crippen molar-refractivity contribution in [3.05, 3.63) is 77.7 Å². The van der Waals surface area contributed by atoms with Crippen LogP contribution in [0.4, 0.5) is 4.39 Å². The molecule has 98 valence electrons. The standard InChI is InChI=1S/C17H12FNO/c18-13-8-6-12(7-9-13)11-17(20)15-3-1-5-16-14(15)4-2-10-19-16/h1-10H,11H2. The van der Waals surface area contributed by atoms with E-state index in [1.165, 1.54) is 12.1 Å². The average Bonchev–Trinajstić information content (AvgIpc) is 2.49. The van der Waals surface area contributed by atoms with Gasteiger partial charge in [-0.1, -0.05) is 30.3 Å². The molecule has 20 heavy (non-hydrogen) atoms. The van der Waals surface area contributed by atoms with Gasteiger partial charge >= 0.3 is 0 Å². The zero-order valence-electron chi connectivity index (χ0n) is 10.7. The minimum Gasteiger partial charge on any atom is -0.294 e. The number of ketones is 1. The van der Waals surface area contributed by atoms with E-state index in [1.807, 2.05) is 24.3 Å². The van der Waals surface area contributed by atoms with E-state index in [-0.39, 0.29) is 18.0 Å². The van der Waals surface area contributed by atoms with Crippen LogP contribution in [0.15, 0.2) is 60.8 Å². The van der Waals surface area contributed by atoms with Gasteiger partial charge < -0.3 is 0 Å². The van der Waals surface area contributed by atoms with Crippen LogP contribution in [0.3, 0.4) is 0 Å². The lowest BCUT2D eigenvalue weighted by Crippen LogP contribution is -2.04. The number of nitrogens with zero attached hydrogens (tertiary/aromatic N) is 1. The topological polar surface area (TPSA) is 30.0 Å². The van der Waals surface area contributed by atoms with Crippen molar-refractivity contribution in [2.24, 2.45) is 0 Å². The maximum absolute atomic E-state index is 12.9. The Morgan fingerprint density at radius 1 is 1.00 bits per heavy atom. The SMILES string of the molecule is O=C(Cc1ccc(F)cc1)c1cccc2ncccc12. The molecule has 0 radical (unpaired) electrons. The van der Waals surface area contributed by atoms with Gasteiger partial charge in [-0.15, -0.1) is 0 Å². The van der Waals surface area contributed by atoms with Crippen molar-refractivity contribution in [3.63, 3.8) is 0 Å². The summed E-state index contributed by atoms with van der Waals surface area (Å²) >= 11 is 0.